The van der Waals surface area contributed by atoms with Gasteiger partial charge in [-0.2, -0.15) is 5.10 Å². The number of esters is 1. The van der Waals surface area contributed by atoms with E-state index in [-0.39, 0.29) is 22.9 Å². The van der Waals surface area contributed by atoms with Crippen LogP contribution in [-0.2, 0) is 16.0 Å². The highest BCUT2D eigenvalue weighted by Crippen LogP contribution is 2.23. The first-order valence-electron chi connectivity index (χ1n) is 8.69. The SMILES string of the molecule is CCOC(=O)c1ccc(C[C@H]2S/C(=N\N=C/c3ccccc3O)NC2=O)cc1. The number of ether oxygens (including phenoxy) is 1. The number of hydrogen-bond acceptors (Lipinski definition) is 7. The Hall–Kier alpha value is -3.13. The largest absolute Gasteiger partial charge is 0.507 e. The number of phenols is 1. The molecule has 7 nitrogen and oxygen atoms in total. The smallest absolute Gasteiger partial charge is 0.338 e. The average molecular weight is 397 g/mol. The summed E-state index contributed by atoms with van der Waals surface area (Å²) in [5, 5.41) is 20.4. The summed E-state index contributed by atoms with van der Waals surface area (Å²) in [6, 6.07) is 13.8. The Morgan fingerprint density at radius 2 is 2.00 bits per heavy atom. The van der Waals surface area contributed by atoms with Gasteiger partial charge in [0.25, 0.3) is 0 Å². The maximum atomic E-state index is 12.2. The molecule has 1 saturated heterocycles. The molecular formula is C20H19N3O4S. The van der Waals surface area contributed by atoms with Gasteiger partial charge in [-0.1, -0.05) is 36.0 Å². The van der Waals surface area contributed by atoms with Crippen LogP contribution in [0.1, 0.15) is 28.4 Å². The van der Waals surface area contributed by atoms with Crippen molar-refractivity contribution in [1.82, 2.24) is 5.32 Å². The Morgan fingerprint density at radius 1 is 1.25 bits per heavy atom. The first-order chi connectivity index (χ1) is 13.6. The third-order valence-electron chi connectivity index (χ3n) is 3.94. The van der Waals surface area contributed by atoms with Crippen molar-refractivity contribution in [2.75, 3.05) is 6.61 Å². The van der Waals surface area contributed by atoms with Crippen LogP contribution in [0.2, 0.25) is 0 Å². The molecule has 0 saturated carbocycles. The number of thioether (sulfide) groups is 1. The Kier molecular flexibility index (Phi) is 6.44. The Labute approximate surface area is 166 Å². The van der Waals surface area contributed by atoms with E-state index in [9.17, 15) is 14.7 Å². The monoisotopic (exact) mass is 397 g/mol. The van der Waals surface area contributed by atoms with Crippen molar-refractivity contribution in [2.24, 2.45) is 10.2 Å². The van der Waals surface area contributed by atoms with E-state index in [0.29, 0.717) is 29.3 Å². The molecule has 0 radical (unpaired) electrons. The van der Waals surface area contributed by atoms with Crippen molar-refractivity contribution >= 4 is 35.0 Å². The van der Waals surface area contributed by atoms with Crippen LogP contribution in [0.3, 0.4) is 0 Å². The molecule has 1 fully saturated rings. The second kappa shape index (κ2) is 9.18. The van der Waals surface area contributed by atoms with Crippen LogP contribution in [-0.4, -0.2) is 40.2 Å². The summed E-state index contributed by atoms with van der Waals surface area (Å²) in [6.45, 7) is 2.09. The van der Waals surface area contributed by atoms with E-state index >= 15 is 0 Å². The molecule has 28 heavy (non-hydrogen) atoms. The summed E-state index contributed by atoms with van der Waals surface area (Å²) in [6.07, 6.45) is 1.93. The molecule has 0 aromatic heterocycles. The number of hydrogen-bond donors (Lipinski definition) is 2. The first kappa shape index (κ1) is 19.6. The number of carbonyl (C=O) groups is 2. The summed E-state index contributed by atoms with van der Waals surface area (Å²) >= 11 is 1.29. The highest BCUT2D eigenvalue weighted by atomic mass is 32.2. The number of carbonyl (C=O) groups excluding carboxylic acids is 2. The lowest BCUT2D eigenvalue weighted by atomic mass is 10.1. The zero-order valence-corrected chi connectivity index (χ0v) is 16.0. The highest BCUT2D eigenvalue weighted by Gasteiger charge is 2.30. The van der Waals surface area contributed by atoms with Crippen LogP contribution in [0, 0.1) is 0 Å². The summed E-state index contributed by atoms with van der Waals surface area (Å²) in [7, 11) is 0. The van der Waals surface area contributed by atoms with E-state index in [1.807, 2.05) is 12.1 Å². The Bertz CT molecular complexity index is 925. The summed E-state index contributed by atoms with van der Waals surface area (Å²) < 4.78 is 4.96. The fourth-order valence-corrected chi connectivity index (χ4v) is 3.50. The Morgan fingerprint density at radius 3 is 2.71 bits per heavy atom. The van der Waals surface area contributed by atoms with Crippen molar-refractivity contribution in [3.63, 3.8) is 0 Å². The van der Waals surface area contributed by atoms with Gasteiger partial charge in [0.2, 0.25) is 5.91 Å². The molecular weight excluding hydrogens is 378 g/mol. The topological polar surface area (TPSA) is 100 Å². The molecule has 0 aliphatic carbocycles. The molecule has 1 atom stereocenters. The second-order valence-corrected chi connectivity index (χ2v) is 7.12. The summed E-state index contributed by atoms with van der Waals surface area (Å²) in [5.41, 5.74) is 1.95. The van der Waals surface area contributed by atoms with Gasteiger partial charge >= 0.3 is 5.97 Å². The van der Waals surface area contributed by atoms with E-state index in [4.69, 9.17) is 4.74 Å². The number of nitrogens with zero attached hydrogens (tertiary/aromatic N) is 2. The average Bonchev–Trinajstić information content (AvgIpc) is 3.03. The van der Waals surface area contributed by atoms with Gasteiger partial charge in [0.15, 0.2) is 5.17 Å². The van der Waals surface area contributed by atoms with Gasteiger partial charge in [-0.05, 0) is 43.2 Å². The maximum absolute atomic E-state index is 12.2. The van der Waals surface area contributed by atoms with Crippen LogP contribution in [0.25, 0.3) is 0 Å². The first-order valence-corrected chi connectivity index (χ1v) is 9.57. The number of rotatable bonds is 6. The lowest BCUT2D eigenvalue weighted by Crippen LogP contribution is -2.25. The molecule has 144 valence electrons. The van der Waals surface area contributed by atoms with Crippen molar-refractivity contribution < 1.29 is 19.4 Å². The maximum Gasteiger partial charge on any atom is 0.338 e. The molecule has 2 aromatic carbocycles. The molecule has 1 aliphatic heterocycles. The number of amides is 1. The van der Waals surface area contributed by atoms with Crippen LogP contribution in [0.4, 0.5) is 0 Å². The predicted molar refractivity (Wildman–Crippen MR) is 109 cm³/mol. The van der Waals surface area contributed by atoms with Gasteiger partial charge in [0.1, 0.15) is 5.75 Å². The second-order valence-electron chi connectivity index (χ2n) is 5.93. The molecule has 2 N–H and O–H groups in total. The molecule has 3 rings (SSSR count). The van der Waals surface area contributed by atoms with Crippen molar-refractivity contribution in [3.05, 3.63) is 65.2 Å². The number of amidine groups is 1. The lowest BCUT2D eigenvalue weighted by molar-refractivity contribution is -0.118. The fraction of sp³-hybridized carbons (Fsp3) is 0.200. The lowest BCUT2D eigenvalue weighted by Gasteiger charge is -2.06. The fourth-order valence-electron chi connectivity index (χ4n) is 2.53. The van der Waals surface area contributed by atoms with Gasteiger partial charge in [-0.25, -0.2) is 4.79 Å². The van der Waals surface area contributed by atoms with Gasteiger partial charge in [-0.15, -0.1) is 5.10 Å². The predicted octanol–water partition coefficient (Wildman–Crippen LogP) is 2.73. The number of phenolic OH excluding ortho intramolecular Hbond substituents is 1. The number of nitrogens with one attached hydrogen (secondary N) is 1. The molecule has 8 heteroatoms. The minimum absolute atomic E-state index is 0.110. The third kappa shape index (κ3) is 4.98. The van der Waals surface area contributed by atoms with Crippen LogP contribution in [0.15, 0.2) is 58.7 Å². The molecule has 0 bridgehead atoms. The number of benzene rings is 2. The van der Waals surface area contributed by atoms with E-state index in [1.165, 1.54) is 18.0 Å². The molecule has 1 heterocycles. The normalized spacial score (nSPS) is 17.8. The zero-order chi connectivity index (χ0) is 19.9. The van der Waals surface area contributed by atoms with Crippen LogP contribution in [0.5, 0.6) is 5.75 Å². The summed E-state index contributed by atoms with van der Waals surface area (Å²) in [4.78, 5) is 23.8. The highest BCUT2D eigenvalue weighted by molar-refractivity contribution is 8.15. The Balaban J connectivity index is 1.60. The van der Waals surface area contributed by atoms with E-state index in [1.54, 1.807) is 43.3 Å². The standard InChI is InChI=1S/C20H19N3O4S/c1-2-27-19(26)14-9-7-13(8-10-14)11-17-18(25)22-20(28-17)23-21-12-15-5-3-4-6-16(15)24/h3-10,12,17,24H,2,11H2,1H3,(H,22,23,25)/b21-12-/t17-/m1/s1. The van der Waals surface area contributed by atoms with Gasteiger partial charge in [0, 0.05) is 5.56 Å². The van der Waals surface area contributed by atoms with Gasteiger partial charge < -0.3 is 15.2 Å². The van der Waals surface area contributed by atoms with Crippen molar-refractivity contribution in [1.29, 1.82) is 0 Å². The van der Waals surface area contributed by atoms with E-state index < -0.39 is 0 Å². The minimum Gasteiger partial charge on any atom is -0.507 e. The molecule has 1 amide bonds. The van der Waals surface area contributed by atoms with Crippen molar-refractivity contribution in [2.45, 2.75) is 18.6 Å². The molecule has 2 aromatic rings. The molecule has 0 unspecified atom stereocenters. The summed E-state index contributed by atoms with van der Waals surface area (Å²) in [5.74, 6) is -0.395. The van der Waals surface area contributed by atoms with Crippen LogP contribution >= 0.6 is 11.8 Å². The van der Waals surface area contributed by atoms with Gasteiger partial charge in [-0.3, -0.25) is 4.79 Å². The third-order valence-corrected chi connectivity index (χ3v) is 5.02. The zero-order valence-electron chi connectivity index (χ0n) is 15.2. The number of aromatic hydroxyl groups is 1. The molecule has 1 aliphatic rings. The van der Waals surface area contributed by atoms with Gasteiger partial charge in [0.05, 0.1) is 23.6 Å². The molecule has 0 spiro atoms. The van der Waals surface area contributed by atoms with Crippen LogP contribution < -0.4 is 5.32 Å². The quantitative estimate of drug-likeness (QED) is 0.443. The van der Waals surface area contributed by atoms with Crippen molar-refractivity contribution in [3.8, 4) is 5.75 Å². The minimum atomic E-state index is -0.362. The van der Waals surface area contributed by atoms with E-state index in [0.717, 1.165) is 5.56 Å². The number of para-hydroxylation sites is 1. The van der Waals surface area contributed by atoms with E-state index in [2.05, 4.69) is 15.5 Å².